The van der Waals surface area contributed by atoms with Gasteiger partial charge in [0.25, 0.3) is 5.91 Å². The maximum absolute atomic E-state index is 12.4. The topological polar surface area (TPSA) is 75.4 Å². The number of benzene rings is 1. The number of nitrogens with zero attached hydrogens (tertiary/aromatic N) is 3. The highest BCUT2D eigenvalue weighted by atomic mass is 16.4. The van der Waals surface area contributed by atoms with E-state index in [0.29, 0.717) is 0 Å². The number of rotatable bonds is 4. The summed E-state index contributed by atoms with van der Waals surface area (Å²) in [5, 5.41) is 13.4. The Morgan fingerprint density at radius 3 is 2.22 bits per heavy atom. The van der Waals surface area contributed by atoms with Gasteiger partial charge in [0.2, 0.25) is 0 Å². The second-order valence-electron chi connectivity index (χ2n) is 5.86. The molecule has 0 saturated heterocycles. The van der Waals surface area contributed by atoms with Gasteiger partial charge < -0.3 is 10.0 Å². The third-order valence-electron chi connectivity index (χ3n) is 3.82. The molecule has 1 aromatic carbocycles. The Bertz CT molecular complexity index is 744. The first kappa shape index (κ1) is 16.7. The van der Waals surface area contributed by atoms with Crippen molar-refractivity contribution in [3.8, 4) is 5.69 Å². The molecule has 1 atom stereocenters. The number of aliphatic carboxylic acids is 1. The first-order chi connectivity index (χ1) is 10.7. The zero-order valence-corrected chi connectivity index (χ0v) is 14.0. The van der Waals surface area contributed by atoms with E-state index in [1.807, 2.05) is 32.9 Å². The van der Waals surface area contributed by atoms with E-state index in [1.165, 1.54) is 18.9 Å². The number of amides is 1. The lowest BCUT2D eigenvalue weighted by molar-refractivity contribution is -0.141. The van der Waals surface area contributed by atoms with Crippen LogP contribution in [0.2, 0.25) is 0 Å². The van der Waals surface area contributed by atoms with Crippen molar-refractivity contribution in [2.75, 3.05) is 7.05 Å². The van der Waals surface area contributed by atoms with E-state index in [2.05, 4.69) is 11.2 Å². The summed E-state index contributed by atoms with van der Waals surface area (Å²) in [4.78, 5) is 24.6. The lowest BCUT2D eigenvalue weighted by atomic mass is 10.1. The lowest BCUT2D eigenvalue weighted by Gasteiger charge is -2.20. The number of carbonyl (C=O) groups excluding carboxylic acids is 1. The second-order valence-corrected chi connectivity index (χ2v) is 5.86. The van der Waals surface area contributed by atoms with Crippen LogP contribution in [0.4, 0.5) is 0 Å². The van der Waals surface area contributed by atoms with Gasteiger partial charge in [-0.2, -0.15) is 5.10 Å². The van der Waals surface area contributed by atoms with Gasteiger partial charge in [0.1, 0.15) is 6.04 Å². The molecule has 0 radical (unpaired) electrons. The number of likely N-dealkylation sites (N-methyl/N-ethyl adjacent to an activating group) is 1. The van der Waals surface area contributed by atoms with E-state index in [1.54, 1.807) is 10.7 Å². The summed E-state index contributed by atoms with van der Waals surface area (Å²) in [6, 6.07) is 6.81. The Morgan fingerprint density at radius 1 is 1.13 bits per heavy atom. The summed E-state index contributed by atoms with van der Waals surface area (Å²) in [7, 11) is 1.46. The fraction of sp³-hybridized carbons (Fsp3) is 0.353. The molecule has 0 aliphatic carbocycles. The summed E-state index contributed by atoms with van der Waals surface area (Å²) < 4.78 is 1.70. The van der Waals surface area contributed by atoms with Crippen molar-refractivity contribution < 1.29 is 14.7 Å². The zero-order valence-electron chi connectivity index (χ0n) is 14.0. The Kier molecular flexibility index (Phi) is 4.54. The molecule has 6 heteroatoms. The highest BCUT2D eigenvalue weighted by molar-refractivity contribution is 5.94. The smallest absolute Gasteiger partial charge is 0.326 e. The summed E-state index contributed by atoms with van der Waals surface area (Å²) in [6.45, 7) is 7.34. The average molecular weight is 315 g/mol. The molecular weight excluding hydrogens is 294 g/mol. The van der Waals surface area contributed by atoms with Crippen molar-refractivity contribution in [2.24, 2.45) is 0 Å². The molecule has 1 amide bonds. The van der Waals surface area contributed by atoms with Gasteiger partial charge in [0.05, 0.1) is 5.69 Å². The number of hydrogen-bond acceptors (Lipinski definition) is 3. The minimum Gasteiger partial charge on any atom is -0.480 e. The first-order valence-corrected chi connectivity index (χ1v) is 7.36. The van der Waals surface area contributed by atoms with Gasteiger partial charge in [-0.1, -0.05) is 6.07 Å². The van der Waals surface area contributed by atoms with E-state index in [9.17, 15) is 9.59 Å². The molecule has 0 saturated carbocycles. The van der Waals surface area contributed by atoms with E-state index in [0.717, 1.165) is 22.5 Å². The Hall–Kier alpha value is -2.63. The number of carbonyl (C=O) groups is 2. The van der Waals surface area contributed by atoms with Crippen LogP contribution in [0.3, 0.4) is 0 Å². The van der Waals surface area contributed by atoms with Crippen molar-refractivity contribution in [2.45, 2.75) is 33.7 Å². The first-order valence-electron chi connectivity index (χ1n) is 7.36. The Morgan fingerprint density at radius 2 is 1.70 bits per heavy atom. The molecule has 1 unspecified atom stereocenters. The van der Waals surface area contributed by atoms with Crippen LogP contribution in [0, 0.1) is 20.8 Å². The quantitative estimate of drug-likeness (QED) is 0.939. The van der Waals surface area contributed by atoms with Crippen LogP contribution in [0.25, 0.3) is 5.69 Å². The van der Waals surface area contributed by atoms with Gasteiger partial charge >= 0.3 is 5.97 Å². The summed E-state index contributed by atoms with van der Waals surface area (Å²) >= 11 is 0. The van der Waals surface area contributed by atoms with Crippen molar-refractivity contribution in [1.29, 1.82) is 0 Å². The highest BCUT2D eigenvalue weighted by Gasteiger charge is 2.25. The molecule has 2 rings (SSSR count). The number of aryl methyl sites for hydroxylation is 3. The fourth-order valence-corrected chi connectivity index (χ4v) is 2.44. The third kappa shape index (κ3) is 3.41. The minimum atomic E-state index is -1.05. The molecule has 0 spiro atoms. The third-order valence-corrected chi connectivity index (χ3v) is 3.82. The van der Waals surface area contributed by atoms with E-state index < -0.39 is 17.9 Å². The predicted octanol–water partition coefficient (Wildman–Crippen LogP) is 2.34. The molecule has 1 heterocycles. The van der Waals surface area contributed by atoms with Crippen LogP contribution in [-0.2, 0) is 4.79 Å². The number of carboxylic acid groups (broad SMARTS) is 1. The highest BCUT2D eigenvalue weighted by Crippen LogP contribution is 2.17. The summed E-state index contributed by atoms with van der Waals surface area (Å²) in [5.74, 6) is -1.46. The molecule has 0 fully saturated rings. The Labute approximate surface area is 135 Å². The van der Waals surface area contributed by atoms with Gasteiger partial charge in [0, 0.05) is 12.7 Å². The molecule has 0 aliphatic rings. The van der Waals surface area contributed by atoms with Crippen LogP contribution in [0.15, 0.2) is 24.3 Å². The van der Waals surface area contributed by atoms with E-state index in [-0.39, 0.29) is 5.69 Å². The average Bonchev–Trinajstić information content (AvgIpc) is 2.85. The number of hydrogen-bond donors (Lipinski definition) is 1. The zero-order chi connectivity index (χ0) is 17.3. The van der Waals surface area contributed by atoms with E-state index >= 15 is 0 Å². The lowest BCUT2D eigenvalue weighted by Crippen LogP contribution is -2.40. The molecule has 2 aromatic rings. The number of carboxylic acids is 1. The summed E-state index contributed by atoms with van der Waals surface area (Å²) in [5.41, 5.74) is 4.15. The molecule has 6 nitrogen and oxygen atoms in total. The second kappa shape index (κ2) is 6.24. The largest absolute Gasteiger partial charge is 0.480 e. The van der Waals surface area contributed by atoms with Gasteiger partial charge in [-0.25, -0.2) is 9.48 Å². The minimum absolute atomic E-state index is 0.234. The maximum Gasteiger partial charge on any atom is 0.326 e. The standard InChI is InChI=1S/C17H21N3O3/c1-10-6-11(2)8-14(7-10)20-12(3)9-15(18-20)16(21)19(5)13(4)17(22)23/h6-9,13H,1-5H3,(H,22,23). The van der Waals surface area contributed by atoms with Crippen LogP contribution in [0.5, 0.6) is 0 Å². The Balaban J connectivity index is 2.38. The van der Waals surface area contributed by atoms with Crippen molar-refractivity contribution in [1.82, 2.24) is 14.7 Å². The summed E-state index contributed by atoms with van der Waals surface area (Å²) in [6.07, 6.45) is 0. The van der Waals surface area contributed by atoms with E-state index in [4.69, 9.17) is 5.11 Å². The maximum atomic E-state index is 12.4. The van der Waals surface area contributed by atoms with Gasteiger partial charge in [-0.15, -0.1) is 0 Å². The number of aromatic nitrogens is 2. The molecule has 122 valence electrons. The SMILES string of the molecule is Cc1cc(C)cc(-n2nc(C(=O)N(C)C(C)C(=O)O)cc2C)c1. The fourth-order valence-electron chi connectivity index (χ4n) is 2.44. The normalized spacial score (nSPS) is 12.0. The van der Waals surface area contributed by atoms with Crippen molar-refractivity contribution >= 4 is 11.9 Å². The molecular formula is C17H21N3O3. The molecule has 23 heavy (non-hydrogen) atoms. The predicted molar refractivity (Wildman–Crippen MR) is 87.0 cm³/mol. The van der Waals surface area contributed by atoms with Gasteiger partial charge in [-0.05, 0) is 57.0 Å². The molecule has 0 aliphatic heterocycles. The van der Waals surface area contributed by atoms with Crippen LogP contribution in [0.1, 0.15) is 34.2 Å². The van der Waals surface area contributed by atoms with Crippen molar-refractivity contribution in [3.63, 3.8) is 0 Å². The molecule has 0 bridgehead atoms. The monoisotopic (exact) mass is 315 g/mol. The van der Waals surface area contributed by atoms with Gasteiger partial charge in [-0.3, -0.25) is 4.79 Å². The molecule has 1 N–H and O–H groups in total. The van der Waals surface area contributed by atoms with Crippen LogP contribution in [-0.4, -0.2) is 44.8 Å². The van der Waals surface area contributed by atoms with Gasteiger partial charge in [0.15, 0.2) is 5.69 Å². The van der Waals surface area contributed by atoms with Crippen molar-refractivity contribution in [3.05, 3.63) is 46.8 Å². The van der Waals surface area contributed by atoms with Crippen LogP contribution >= 0.6 is 0 Å². The molecule has 1 aromatic heterocycles. The van der Waals surface area contributed by atoms with Crippen LogP contribution < -0.4 is 0 Å².